The van der Waals surface area contributed by atoms with Gasteiger partial charge in [-0.25, -0.2) is 0 Å². The number of ether oxygens (including phenoxy) is 1. The molecular formula is C16H20N2OS. The number of hydrogen-bond acceptors (Lipinski definition) is 4. The van der Waals surface area contributed by atoms with Crippen LogP contribution in [0.5, 0.6) is 5.75 Å². The van der Waals surface area contributed by atoms with Gasteiger partial charge in [-0.3, -0.25) is 4.90 Å². The van der Waals surface area contributed by atoms with Crippen LogP contribution in [0.1, 0.15) is 29.0 Å². The predicted molar refractivity (Wildman–Crippen MR) is 84.3 cm³/mol. The maximum absolute atomic E-state index is 5.94. The second kappa shape index (κ2) is 5.46. The van der Waals surface area contributed by atoms with Crippen LogP contribution in [0.2, 0.25) is 0 Å². The second-order valence-electron chi connectivity index (χ2n) is 5.31. The number of rotatable bonds is 3. The number of methoxy groups -OCH3 is 1. The van der Waals surface area contributed by atoms with Gasteiger partial charge in [0.2, 0.25) is 0 Å². The second-order valence-corrected chi connectivity index (χ2v) is 6.31. The van der Waals surface area contributed by atoms with Crippen molar-refractivity contribution in [3.05, 3.63) is 45.6 Å². The summed E-state index contributed by atoms with van der Waals surface area (Å²) in [5.41, 5.74) is 9.40. The number of benzene rings is 1. The van der Waals surface area contributed by atoms with Crippen LogP contribution in [-0.2, 0) is 13.0 Å². The zero-order valence-electron chi connectivity index (χ0n) is 11.9. The van der Waals surface area contributed by atoms with Crippen LogP contribution in [0.4, 0.5) is 5.69 Å². The lowest BCUT2D eigenvalue weighted by atomic mass is 10.0. The summed E-state index contributed by atoms with van der Waals surface area (Å²) in [6, 6.07) is 8.71. The van der Waals surface area contributed by atoms with Crippen LogP contribution < -0.4 is 10.5 Å². The number of fused-ring (bicyclic) bond motifs is 1. The first-order valence-electron chi connectivity index (χ1n) is 6.91. The number of nitrogens with zero attached hydrogens (tertiary/aromatic N) is 1. The summed E-state index contributed by atoms with van der Waals surface area (Å²) in [5.74, 6) is 0.834. The van der Waals surface area contributed by atoms with Gasteiger partial charge in [0.05, 0.1) is 7.11 Å². The number of nitrogen functional groups attached to an aromatic ring is 1. The fourth-order valence-electron chi connectivity index (χ4n) is 2.91. The Labute approximate surface area is 124 Å². The molecule has 0 amide bonds. The maximum atomic E-state index is 5.94. The van der Waals surface area contributed by atoms with E-state index in [4.69, 9.17) is 10.5 Å². The summed E-state index contributed by atoms with van der Waals surface area (Å²) < 4.78 is 5.30. The lowest BCUT2D eigenvalue weighted by Gasteiger charge is -2.33. The molecule has 0 radical (unpaired) electrons. The Balaban J connectivity index is 1.80. The van der Waals surface area contributed by atoms with E-state index in [-0.39, 0.29) is 0 Å². The van der Waals surface area contributed by atoms with E-state index in [2.05, 4.69) is 29.3 Å². The summed E-state index contributed by atoms with van der Waals surface area (Å²) in [7, 11) is 1.68. The smallest absolute Gasteiger partial charge is 0.121 e. The Bertz CT molecular complexity index is 608. The highest BCUT2D eigenvalue weighted by molar-refractivity contribution is 7.10. The van der Waals surface area contributed by atoms with Crippen LogP contribution in [0.3, 0.4) is 0 Å². The van der Waals surface area contributed by atoms with E-state index in [1.807, 2.05) is 23.5 Å². The van der Waals surface area contributed by atoms with Gasteiger partial charge in [-0.15, -0.1) is 11.3 Å². The molecule has 3 rings (SSSR count). The molecule has 106 valence electrons. The highest BCUT2D eigenvalue weighted by atomic mass is 32.1. The number of anilines is 1. The third kappa shape index (κ3) is 2.53. The van der Waals surface area contributed by atoms with Crippen molar-refractivity contribution in [2.45, 2.75) is 25.9 Å². The van der Waals surface area contributed by atoms with Crippen molar-refractivity contribution in [2.24, 2.45) is 0 Å². The van der Waals surface area contributed by atoms with Crippen LogP contribution in [0.15, 0.2) is 29.6 Å². The highest BCUT2D eigenvalue weighted by Gasteiger charge is 2.24. The standard InChI is InChI=1S/C16H20N2OS/c1-11-15-4-6-20-16(15)3-5-18(11)10-12-7-13(17)9-14(8-12)19-2/h4,6-9,11H,3,5,10,17H2,1-2H3. The summed E-state index contributed by atoms with van der Waals surface area (Å²) >= 11 is 1.88. The number of hydrogen-bond donors (Lipinski definition) is 1. The SMILES string of the molecule is COc1cc(N)cc(CN2CCc3sccc3C2C)c1. The van der Waals surface area contributed by atoms with Gasteiger partial charge in [0.25, 0.3) is 0 Å². The van der Waals surface area contributed by atoms with Crippen molar-refractivity contribution in [1.29, 1.82) is 0 Å². The van der Waals surface area contributed by atoms with Crippen LogP contribution in [0, 0.1) is 0 Å². The molecule has 1 unspecified atom stereocenters. The molecule has 1 aromatic heterocycles. The molecule has 1 atom stereocenters. The van der Waals surface area contributed by atoms with Crippen LogP contribution in [0.25, 0.3) is 0 Å². The topological polar surface area (TPSA) is 38.5 Å². The Kier molecular flexibility index (Phi) is 3.68. The fourth-order valence-corrected chi connectivity index (χ4v) is 3.87. The molecule has 0 fully saturated rings. The third-order valence-electron chi connectivity index (χ3n) is 4.01. The van der Waals surface area contributed by atoms with Gasteiger partial charge in [0, 0.05) is 35.8 Å². The Morgan fingerprint density at radius 3 is 3.05 bits per heavy atom. The summed E-state index contributed by atoms with van der Waals surface area (Å²) in [5, 5.41) is 2.20. The lowest BCUT2D eigenvalue weighted by molar-refractivity contribution is 0.191. The van der Waals surface area contributed by atoms with Crippen molar-refractivity contribution in [3.63, 3.8) is 0 Å². The molecule has 4 heteroatoms. The van der Waals surface area contributed by atoms with E-state index >= 15 is 0 Å². The third-order valence-corrected chi connectivity index (χ3v) is 5.01. The monoisotopic (exact) mass is 288 g/mol. The molecule has 0 bridgehead atoms. The fraction of sp³-hybridized carbons (Fsp3) is 0.375. The molecule has 2 N–H and O–H groups in total. The zero-order valence-corrected chi connectivity index (χ0v) is 12.7. The Hall–Kier alpha value is -1.52. The lowest BCUT2D eigenvalue weighted by Crippen LogP contribution is -2.32. The van der Waals surface area contributed by atoms with Crippen molar-refractivity contribution in [1.82, 2.24) is 4.90 Å². The molecule has 0 aliphatic carbocycles. The van der Waals surface area contributed by atoms with E-state index < -0.39 is 0 Å². The van der Waals surface area contributed by atoms with E-state index in [0.717, 1.165) is 30.9 Å². The molecule has 0 saturated carbocycles. The van der Waals surface area contributed by atoms with Gasteiger partial charge in [-0.1, -0.05) is 0 Å². The van der Waals surface area contributed by atoms with Gasteiger partial charge >= 0.3 is 0 Å². The first kappa shape index (κ1) is 13.5. The first-order valence-corrected chi connectivity index (χ1v) is 7.79. The summed E-state index contributed by atoms with van der Waals surface area (Å²) in [6.07, 6.45) is 1.15. The number of nitrogens with two attached hydrogens (primary N) is 1. The molecule has 3 nitrogen and oxygen atoms in total. The summed E-state index contributed by atoms with van der Waals surface area (Å²) in [6.45, 7) is 4.30. The average Bonchev–Trinajstić information content (AvgIpc) is 2.90. The quantitative estimate of drug-likeness (QED) is 0.879. The van der Waals surface area contributed by atoms with Gasteiger partial charge in [0.1, 0.15) is 5.75 Å². The molecular weight excluding hydrogens is 268 g/mol. The average molecular weight is 288 g/mol. The molecule has 1 aliphatic heterocycles. The molecule has 0 saturated heterocycles. The van der Waals surface area contributed by atoms with Gasteiger partial charge < -0.3 is 10.5 Å². The molecule has 1 aliphatic rings. The molecule has 2 heterocycles. The maximum Gasteiger partial charge on any atom is 0.121 e. The highest BCUT2D eigenvalue weighted by Crippen LogP contribution is 2.34. The zero-order chi connectivity index (χ0) is 14.1. The minimum atomic E-state index is 0.470. The predicted octanol–water partition coefficient (Wildman–Crippen LogP) is 3.46. The number of thiophene rings is 1. The van der Waals surface area contributed by atoms with Crippen molar-refractivity contribution in [3.8, 4) is 5.75 Å². The molecule has 1 aromatic carbocycles. The molecule has 20 heavy (non-hydrogen) atoms. The van der Waals surface area contributed by atoms with Crippen LogP contribution in [-0.4, -0.2) is 18.6 Å². The van der Waals surface area contributed by atoms with Crippen molar-refractivity contribution >= 4 is 17.0 Å². The van der Waals surface area contributed by atoms with Crippen molar-refractivity contribution < 1.29 is 4.74 Å². The normalized spacial score (nSPS) is 18.8. The Morgan fingerprint density at radius 1 is 1.40 bits per heavy atom. The van der Waals surface area contributed by atoms with E-state index in [0.29, 0.717) is 6.04 Å². The van der Waals surface area contributed by atoms with Crippen molar-refractivity contribution in [2.75, 3.05) is 19.4 Å². The van der Waals surface area contributed by atoms with E-state index in [1.165, 1.54) is 11.1 Å². The van der Waals surface area contributed by atoms with Gasteiger partial charge in [0.15, 0.2) is 0 Å². The van der Waals surface area contributed by atoms with Crippen LogP contribution >= 0.6 is 11.3 Å². The van der Waals surface area contributed by atoms with Gasteiger partial charge in [-0.05, 0) is 48.1 Å². The molecule has 2 aromatic rings. The van der Waals surface area contributed by atoms with E-state index in [9.17, 15) is 0 Å². The van der Waals surface area contributed by atoms with Gasteiger partial charge in [-0.2, -0.15) is 0 Å². The minimum Gasteiger partial charge on any atom is -0.497 e. The van der Waals surface area contributed by atoms with E-state index in [1.54, 1.807) is 12.0 Å². The molecule has 0 spiro atoms. The first-order chi connectivity index (χ1) is 9.67. The largest absolute Gasteiger partial charge is 0.497 e. The minimum absolute atomic E-state index is 0.470. The Morgan fingerprint density at radius 2 is 2.25 bits per heavy atom. The summed E-state index contributed by atoms with van der Waals surface area (Å²) in [4.78, 5) is 4.04.